The van der Waals surface area contributed by atoms with Gasteiger partial charge in [-0.2, -0.15) is 0 Å². The number of thioether (sulfide) groups is 1. The Kier molecular flexibility index (Phi) is 7.11. The molecule has 0 saturated carbocycles. The smallest absolute Gasteiger partial charge is 0.320 e. The summed E-state index contributed by atoms with van der Waals surface area (Å²) < 4.78 is 0. The van der Waals surface area contributed by atoms with E-state index >= 15 is 0 Å². The van der Waals surface area contributed by atoms with Crippen LogP contribution >= 0.6 is 11.8 Å². The maximum atomic E-state index is 11.8. The van der Waals surface area contributed by atoms with Gasteiger partial charge < -0.3 is 10.4 Å². The zero-order valence-electron chi connectivity index (χ0n) is 11.7. The normalized spacial score (nSPS) is 11.9. The van der Waals surface area contributed by atoms with Crippen molar-refractivity contribution in [3.05, 3.63) is 24.3 Å². The van der Waals surface area contributed by atoms with Gasteiger partial charge in [0.25, 0.3) is 0 Å². The van der Waals surface area contributed by atoms with Crippen LogP contribution in [-0.2, 0) is 9.59 Å². The molecule has 110 valence electrons. The minimum absolute atomic E-state index is 0.0134. The van der Waals surface area contributed by atoms with E-state index in [0.29, 0.717) is 12.1 Å². The number of benzene rings is 1. The van der Waals surface area contributed by atoms with Gasteiger partial charge in [-0.1, -0.05) is 19.4 Å². The van der Waals surface area contributed by atoms with Gasteiger partial charge in [-0.25, -0.2) is 0 Å². The van der Waals surface area contributed by atoms with Crippen LogP contribution in [0.1, 0.15) is 19.8 Å². The molecule has 0 spiro atoms. The lowest BCUT2D eigenvalue weighted by atomic mass is 10.2. The van der Waals surface area contributed by atoms with Crippen molar-refractivity contribution >= 4 is 29.3 Å². The van der Waals surface area contributed by atoms with Crippen molar-refractivity contribution in [2.24, 2.45) is 0 Å². The molecule has 1 rings (SSSR count). The highest BCUT2D eigenvalue weighted by molar-refractivity contribution is 7.98. The first-order valence-corrected chi connectivity index (χ1v) is 7.69. The topological polar surface area (TPSA) is 78.4 Å². The molecule has 0 heterocycles. The van der Waals surface area contributed by atoms with Crippen molar-refractivity contribution in [2.45, 2.75) is 30.7 Å². The van der Waals surface area contributed by atoms with Gasteiger partial charge in [-0.05, 0) is 30.9 Å². The Morgan fingerprint density at radius 3 is 2.75 bits per heavy atom. The summed E-state index contributed by atoms with van der Waals surface area (Å²) in [6, 6.07) is 6.83. The van der Waals surface area contributed by atoms with Crippen LogP contribution in [0, 0.1) is 0 Å². The number of carboxylic acids is 1. The van der Waals surface area contributed by atoms with Crippen molar-refractivity contribution in [3.63, 3.8) is 0 Å². The second kappa shape index (κ2) is 8.60. The first-order valence-electron chi connectivity index (χ1n) is 6.47. The van der Waals surface area contributed by atoms with Gasteiger partial charge in [0.05, 0.1) is 6.54 Å². The number of aliphatic carboxylic acids is 1. The molecular weight excluding hydrogens is 276 g/mol. The van der Waals surface area contributed by atoms with Crippen LogP contribution in [0.3, 0.4) is 0 Å². The molecule has 1 aromatic carbocycles. The number of rotatable bonds is 8. The maximum Gasteiger partial charge on any atom is 0.320 e. The number of hydrogen-bond donors (Lipinski definition) is 3. The Morgan fingerprint density at radius 2 is 2.15 bits per heavy atom. The monoisotopic (exact) mass is 296 g/mol. The Labute approximate surface area is 123 Å². The molecule has 3 N–H and O–H groups in total. The molecule has 0 aliphatic rings. The lowest BCUT2D eigenvalue weighted by molar-refractivity contribution is -0.139. The van der Waals surface area contributed by atoms with E-state index < -0.39 is 12.0 Å². The Morgan fingerprint density at radius 1 is 1.40 bits per heavy atom. The van der Waals surface area contributed by atoms with Gasteiger partial charge in [0.15, 0.2) is 0 Å². The molecule has 1 unspecified atom stereocenters. The van der Waals surface area contributed by atoms with E-state index in [1.165, 1.54) is 0 Å². The van der Waals surface area contributed by atoms with E-state index in [1.54, 1.807) is 17.8 Å². The van der Waals surface area contributed by atoms with Crippen LogP contribution in [0.4, 0.5) is 5.69 Å². The highest BCUT2D eigenvalue weighted by atomic mass is 32.2. The number of carboxylic acid groups (broad SMARTS) is 1. The average molecular weight is 296 g/mol. The fraction of sp³-hybridized carbons (Fsp3) is 0.429. The molecule has 0 radical (unpaired) electrons. The third-order valence-electron chi connectivity index (χ3n) is 2.74. The highest BCUT2D eigenvalue weighted by Gasteiger charge is 2.16. The Hall–Kier alpha value is -1.53. The summed E-state index contributed by atoms with van der Waals surface area (Å²) in [6.45, 7) is 1.89. The summed E-state index contributed by atoms with van der Waals surface area (Å²) in [4.78, 5) is 23.8. The number of hydrogen-bond acceptors (Lipinski definition) is 4. The van der Waals surface area contributed by atoms with Crippen molar-refractivity contribution in [1.29, 1.82) is 0 Å². The van der Waals surface area contributed by atoms with Crippen LogP contribution in [-0.4, -0.2) is 35.8 Å². The maximum absolute atomic E-state index is 11.8. The SMILES string of the molecule is CCCC(NCC(=O)Nc1cccc(SC)c1)C(=O)O. The molecule has 0 aromatic heterocycles. The largest absolute Gasteiger partial charge is 0.480 e. The van der Waals surface area contributed by atoms with Gasteiger partial charge >= 0.3 is 5.97 Å². The van der Waals surface area contributed by atoms with Crippen LogP contribution in [0.2, 0.25) is 0 Å². The molecule has 0 aliphatic carbocycles. The minimum atomic E-state index is -0.927. The van der Waals surface area contributed by atoms with Crippen molar-refractivity contribution in [3.8, 4) is 0 Å². The van der Waals surface area contributed by atoms with Gasteiger partial charge in [-0.3, -0.25) is 14.9 Å². The summed E-state index contributed by atoms with van der Waals surface area (Å²) in [5, 5.41) is 14.5. The first kappa shape index (κ1) is 16.5. The third kappa shape index (κ3) is 5.63. The Bertz CT molecular complexity index is 465. The molecule has 0 fully saturated rings. The summed E-state index contributed by atoms with van der Waals surface area (Å²) in [5.74, 6) is -1.17. The predicted molar refractivity (Wildman–Crippen MR) is 81.2 cm³/mol. The van der Waals surface area contributed by atoms with Crippen LogP contribution in [0.15, 0.2) is 29.2 Å². The second-order valence-electron chi connectivity index (χ2n) is 4.34. The van der Waals surface area contributed by atoms with Crippen molar-refractivity contribution in [1.82, 2.24) is 5.32 Å². The summed E-state index contributed by atoms with van der Waals surface area (Å²) in [7, 11) is 0. The van der Waals surface area contributed by atoms with Gasteiger partial charge in [0.2, 0.25) is 5.91 Å². The number of carbonyl (C=O) groups is 2. The zero-order chi connectivity index (χ0) is 15.0. The number of amides is 1. The highest BCUT2D eigenvalue weighted by Crippen LogP contribution is 2.18. The van der Waals surface area contributed by atoms with Crippen LogP contribution in [0.5, 0.6) is 0 Å². The van der Waals surface area contributed by atoms with Gasteiger partial charge in [-0.15, -0.1) is 11.8 Å². The molecular formula is C14H20N2O3S. The van der Waals surface area contributed by atoms with E-state index in [2.05, 4.69) is 10.6 Å². The third-order valence-corrected chi connectivity index (χ3v) is 3.46. The lowest BCUT2D eigenvalue weighted by Gasteiger charge is -2.13. The molecule has 6 heteroatoms. The lowest BCUT2D eigenvalue weighted by Crippen LogP contribution is -2.41. The predicted octanol–water partition coefficient (Wildman–Crippen LogP) is 2.19. The summed E-state index contributed by atoms with van der Waals surface area (Å²) in [6.07, 6.45) is 3.22. The molecule has 5 nitrogen and oxygen atoms in total. The molecule has 0 saturated heterocycles. The van der Waals surface area contributed by atoms with E-state index in [4.69, 9.17) is 5.11 Å². The summed E-state index contributed by atoms with van der Waals surface area (Å²) >= 11 is 1.59. The number of carbonyl (C=O) groups excluding carboxylic acids is 1. The van der Waals surface area contributed by atoms with E-state index in [0.717, 1.165) is 11.3 Å². The minimum Gasteiger partial charge on any atom is -0.480 e. The molecule has 1 atom stereocenters. The van der Waals surface area contributed by atoms with Gasteiger partial charge in [0.1, 0.15) is 6.04 Å². The average Bonchev–Trinajstić information content (AvgIpc) is 2.43. The molecule has 1 aromatic rings. The quantitative estimate of drug-likeness (QED) is 0.641. The number of nitrogens with one attached hydrogen (secondary N) is 2. The molecule has 1 amide bonds. The van der Waals surface area contributed by atoms with Crippen LogP contribution < -0.4 is 10.6 Å². The number of anilines is 1. The fourth-order valence-electron chi connectivity index (χ4n) is 1.72. The van der Waals surface area contributed by atoms with E-state index in [1.807, 2.05) is 31.4 Å². The molecule has 0 aliphatic heterocycles. The van der Waals surface area contributed by atoms with E-state index in [9.17, 15) is 9.59 Å². The fourth-order valence-corrected chi connectivity index (χ4v) is 2.18. The van der Waals surface area contributed by atoms with Crippen LogP contribution in [0.25, 0.3) is 0 Å². The standard InChI is InChI=1S/C14H20N2O3S/c1-3-5-12(14(18)19)15-9-13(17)16-10-6-4-7-11(8-10)20-2/h4,6-8,12,15H,3,5,9H2,1-2H3,(H,16,17)(H,18,19). The molecule has 0 bridgehead atoms. The zero-order valence-corrected chi connectivity index (χ0v) is 12.5. The summed E-state index contributed by atoms with van der Waals surface area (Å²) in [5.41, 5.74) is 0.714. The van der Waals surface area contributed by atoms with Gasteiger partial charge in [0, 0.05) is 10.6 Å². The molecule has 20 heavy (non-hydrogen) atoms. The van der Waals surface area contributed by atoms with E-state index in [-0.39, 0.29) is 12.5 Å². The second-order valence-corrected chi connectivity index (χ2v) is 5.22. The van der Waals surface area contributed by atoms with Crippen molar-refractivity contribution in [2.75, 3.05) is 18.1 Å². The first-order chi connectivity index (χ1) is 9.56. The van der Waals surface area contributed by atoms with Crippen molar-refractivity contribution < 1.29 is 14.7 Å². The Balaban J connectivity index is 2.48.